The van der Waals surface area contributed by atoms with E-state index in [-0.39, 0.29) is 18.0 Å². The van der Waals surface area contributed by atoms with Gasteiger partial charge in [-0.2, -0.15) is 0 Å². The van der Waals surface area contributed by atoms with Gasteiger partial charge in [0.05, 0.1) is 6.04 Å². The molecule has 0 aliphatic carbocycles. The quantitative estimate of drug-likeness (QED) is 0.532. The summed E-state index contributed by atoms with van der Waals surface area (Å²) in [4.78, 5) is 11.6. The van der Waals surface area contributed by atoms with E-state index in [0.29, 0.717) is 0 Å². The minimum Gasteiger partial charge on any atom is -0.353 e. The maximum absolute atomic E-state index is 11.6. The first-order chi connectivity index (χ1) is 9.07. The Hall–Kier alpha value is -0.570. The summed E-state index contributed by atoms with van der Waals surface area (Å²) >= 11 is 0. The standard InChI is InChI=1S/C16H34N2O/c1-5-6-7-8-9-10-11-12-13-17-15(4)16(19)18-14(2)3/h14-15,17H,5-13H2,1-4H3,(H,18,19). The first-order valence-electron chi connectivity index (χ1n) is 8.11. The van der Waals surface area contributed by atoms with E-state index in [1.165, 1.54) is 51.4 Å². The second kappa shape index (κ2) is 12.5. The minimum absolute atomic E-state index is 0.0769. The third-order valence-corrected chi connectivity index (χ3v) is 3.31. The maximum Gasteiger partial charge on any atom is 0.237 e. The van der Waals surface area contributed by atoms with Gasteiger partial charge in [0.15, 0.2) is 0 Å². The van der Waals surface area contributed by atoms with Crippen molar-refractivity contribution in [2.24, 2.45) is 0 Å². The minimum atomic E-state index is -0.0769. The molecule has 0 aromatic heterocycles. The van der Waals surface area contributed by atoms with E-state index in [9.17, 15) is 4.79 Å². The number of rotatable bonds is 12. The Morgan fingerprint density at radius 1 is 0.895 bits per heavy atom. The number of nitrogens with one attached hydrogen (secondary N) is 2. The first kappa shape index (κ1) is 18.4. The summed E-state index contributed by atoms with van der Waals surface area (Å²) in [5.74, 6) is 0.106. The van der Waals surface area contributed by atoms with Crippen LogP contribution in [-0.4, -0.2) is 24.5 Å². The molecule has 19 heavy (non-hydrogen) atoms. The molecule has 3 heteroatoms. The number of unbranched alkanes of at least 4 members (excludes halogenated alkanes) is 7. The summed E-state index contributed by atoms with van der Waals surface area (Å²) in [5, 5.41) is 6.21. The second-order valence-electron chi connectivity index (χ2n) is 5.81. The van der Waals surface area contributed by atoms with E-state index in [4.69, 9.17) is 0 Å². The molecule has 0 bridgehead atoms. The van der Waals surface area contributed by atoms with Gasteiger partial charge in [0, 0.05) is 6.04 Å². The van der Waals surface area contributed by atoms with E-state index in [0.717, 1.165) is 6.54 Å². The van der Waals surface area contributed by atoms with E-state index in [1.54, 1.807) is 0 Å². The van der Waals surface area contributed by atoms with E-state index < -0.39 is 0 Å². The van der Waals surface area contributed by atoms with Crippen molar-refractivity contribution in [1.29, 1.82) is 0 Å². The van der Waals surface area contributed by atoms with Crippen molar-refractivity contribution in [1.82, 2.24) is 10.6 Å². The summed E-state index contributed by atoms with van der Waals surface area (Å²) < 4.78 is 0. The predicted octanol–water partition coefficient (Wildman–Crippen LogP) is 3.63. The zero-order valence-electron chi connectivity index (χ0n) is 13.4. The fourth-order valence-corrected chi connectivity index (χ4v) is 2.08. The van der Waals surface area contributed by atoms with E-state index in [2.05, 4.69) is 17.6 Å². The number of amides is 1. The van der Waals surface area contributed by atoms with Gasteiger partial charge in [-0.1, -0.05) is 51.9 Å². The zero-order chi connectivity index (χ0) is 14.5. The molecule has 0 aromatic carbocycles. The molecule has 0 saturated heterocycles. The first-order valence-corrected chi connectivity index (χ1v) is 8.11. The van der Waals surface area contributed by atoms with Gasteiger partial charge >= 0.3 is 0 Å². The summed E-state index contributed by atoms with van der Waals surface area (Å²) in [5.41, 5.74) is 0. The van der Waals surface area contributed by atoms with Gasteiger partial charge in [-0.15, -0.1) is 0 Å². The van der Waals surface area contributed by atoms with Crippen LogP contribution in [0.2, 0.25) is 0 Å². The Kier molecular flexibility index (Phi) is 12.1. The van der Waals surface area contributed by atoms with Gasteiger partial charge < -0.3 is 10.6 Å². The lowest BCUT2D eigenvalue weighted by atomic mass is 10.1. The largest absolute Gasteiger partial charge is 0.353 e. The summed E-state index contributed by atoms with van der Waals surface area (Å²) in [7, 11) is 0. The van der Waals surface area contributed by atoms with E-state index >= 15 is 0 Å². The molecule has 0 spiro atoms. The highest BCUT2D eigenvalue weighted by atomic mass is 16.2. The predicted molar refractivity (Wildman–Crippen MR) is 83.4 cm³/mol. The van der Waals surface area contributed by atoms with Crippen LogP contribution in [-0.2, 0) is 4.79 Å². The van der Waals surface area contributed by atoms with Crippen molar-refractivity contribution < 1.29 is 4.79 Å². The van der Waals surface area contributed by atoms with Gasteiger partial charge in [0.2, 0.25) is 5.91 Å². The van der Waals surface area contributed by atoms with Crippen LogP contribution >= 0.6 is 0 Å². The molecule has 0 aliphatic rings. The molecule has 1 amide bonds. The van der Waals surface area contributed by atoms with Crippen LogP contribution < -0.4 is 10.6 Å². The number of hydrogen-bond donors (Lipinski definition) is 2. The zero-order valence-corrected chi connectivity index (χ0v) is 13.4. The summed E-state index contributed by atoms with van der Waals surface area (Å²) in [6.07, 6.45) is 10.6. The monoisotopic (exact) mass is 270 g/mol. The molecule has 0 heterocycles. The van der Waals surface area contributed by atoms with Crippen LogP contribution in [0.4, 0.5) is 0 Å². The van der Waals surface area contributed by atoms with Gasteiger partial charge in [-0.05, 0) is 33.7 Å². The van der Waals surface area contributed by atoms with Crippen molar-refractivity contribution in [3.05, 3.63) is 0 Å². The highest BCUT2D eigenvalue weighted by Gasteiger charge is 2.11. The molecule has 3 nitrogen and oxygen atoms in total. The topological polar surface area (TPSA) is 41.1 Å². The third kappa shape index (κ3) is 12.2. The molecule has 114 valence electrons. The average Bonchev–Trinajstić information content (AvgIpc) is 2.35. The summed E-state index contributed by atoms with van der Waals surface area (Å²) in [6, 6.07) is 0.145. The van der Waals surface area contributed by atoms with Crippen molar-refractivity contribution in [2.45, 2.75) is 91.1 Å². The fraction of sp³-hybridized carbons (Fsp3) is 0.938. The molecule has 0 fully saturated rings. The van der Waals surface area contributed by atoms with Crippen LogP contribution in [0.5, 0.6) is 0 Å². The molecule has 0 saturated carbocycles. The smallest absolute Gasteiger partial charge is 0.237 e. The van der Waals surface area contributed by atoms with Crippen molar-refractivity contribution in [3.63, 3.8) is 0 Å². The lowest BCUT2D eigenvalue weighted by Gasteiger charge is -2.15. The average molecular weight is 270 g/mol. The maximum atomic E-state index is 11.6. The Bertz CT molecular complexity index is 217. The van der Waals surface area contributed by atoms with Gasteiger partial charge in [0.25, 0.3) is 0 Å². The molecule has 1 unspecified atom stereocenters. The van der Waals surface area contributed by atoms with Crippen LogP contribution in [0.3, 0.4) is 0 Å². The van der Waals surface area contributed by atoms with Crippen molar-refractivity contribution >= 4 is 5.91 Å². The Labute approximate surface area is 119 Å². The molecule has 2 N–H and O–H groups in total. The van der Waals surface area contributed by atoms with Crippen molar-refractivity contribution in [3.8, 4) is 0 Å². The van der Waals surface area contributed by atoms with E-state index in [1.807, 2.05) is 20.8 Å². The SMILES string of the molecule is CCCCCCCCCCNC(C)C(=O)NC(C)C. The van der Waals surface area contributed by atoms with Crippen LogP contribution in [0, 0.1) is 0 Å². The lowest BCUT2D eigenvalue weighted by molar-refractivity contribution is -0.123. The van der Waals surface area contributed by atoms with Crippen LogP contribution in [0.1, 0.15) is 79.1 Å². The Morgan fingerprint density at radius 3 is 1.95 bits per heavy atom. The normalized spacial score (nSPS) is 12.7. The molecule has 0 rings (SSSR count). The lowest BCUT2D eigenvalue weighted by Crippen LogP contribution is -2.44. The highest BCUT2D eigenvalue weighted by Crippen LogP contribution is 2.07. The van der Waals surface area contributed by atoms with Gasteiger partial charge in [-0.3, -0.25) is 4.79 Å². The molecule has 1 atom stereocenters. The molecule has 0 aliphatic heterocycles. The van der Waals surface area contributed by atoms with Crippen molar-refractivity contribution in [2.75, 3.05) is 6.54 Å². The number of carbonyl (C=O) groups is 1. The highest BCUT2D eigenvalue weighted by molar-refractivity contribution is 5.81. The molecular formula is C16H34N2O. The summed E-state index contributed by atoms with van der Waals surface area (Å²) in [6.45, 7) is 9.11. The molecule has 0 radical (unpaired) electrons. The molecule has 0 aromatic rings. The second-order valence-corrected chi connectivity index (χ2v) is 5.81. The van der Waals surface area contributed by atoms with Gasteiger partial charge in [0.1, 0.15) is 0 Å². The van der Waals surface area contributed by atoms with Crippen LogP contribution in [0.25, 0.3) is 0 Å². The third-order valence-electron chi connectivity index (χ3n) is 3.31. The van der Waals surface area contributed by atoms with Crippen LogP contribution in [0.15, 0.2) is 0 Å². The Morgan fingerprint density at radius 2 is 1.42 bits per heavy atom. The Balaban J connectivity index is 3.31. The number of carbonyl (C=O) groups excluding carboxylic acids is 1. The number of hydrogen-bond acceptors (Lipinski definition) is 2. The van der Waals surface area contributed by atoms with Gasteiger partial charge in [-0.25, -0.2) is 0 Å². The fourth-order valence-electron chi connectivity index (χ4n) is 2.08. The molecular weight excluding hydrogens is 236 g/mol.